The van der Waals surface area contributed by atoms with Crippen LogP contribution in [-0.2, 0) is 10.4 Å². The van der Waals surface area contributed by atoms with Gasteiger partial charge in [-0.25, -0.2) is 0 Å². The maximum atomic E-state index is 12.0. The molecule has 118 valence electrons. The van der Waals surface area contributed by atoms with Crippen LogP contribution < -0.4 is 10.1 Å². The van der Waals surface area contributed by atoms with Gasteiger partial charge in [-0.3, -0.25) is 4.79 Å². The third-order valence-corrected chi connectivity index (χ3v) is 2.94. The van der Waals surface area contributed by atoms with E-state index in [4.69, 9.17) is 4.74 Å². The van der Waals surface area contributed by atoms with Gasteiger partial charge in [0.15, 0.2) is 0 Å². The molecule has 0 heterocycles. The third-order valence-electron chi connectivity index (χ3n) is 2.94. The Morgan fingerprint density at radius 3 is 2.52 bits per heavy atom. The van der Waals surface area contributed by atoms with Crippen molar-refractivity contribution in [2.45, 2.75) is 25.1 Å². The van der Waals surface area contributed by atoms with Crippen LogP contribution in [0.3, 0.4) is 0 Å². The SMILES string of the molecule is COc1ccc(O)c(C(C)(O)CCNC(=O)C(F)(F)F)c1. The van der Waals surface area contributed by atoms with Crippen molar-refractivity contribution in [2.75, 3.05) is 13.7 Å². The lowest BCUT2D eigenvalue weighted by molar-refractivity contribution is -0.173. The number of phenolic OH excluding ortho intramolecular Hbond substituents is 1. The van der Waals surface area contributed by atoms with Gasteiger partial charge in [0, 0.05) is 12.1 Å². The molecule has 0 spiro atoms. The molecule has 0 aromatic heterocycles. The van der Waals surface area contributed by atoms with Gasteiger partial charge >= 0.3 is 12.1 Å². The summed E-state index contributed by atoms with van der Waals surface area (Å²) in [5, 5.41) is 21.6. The molecule has 1 rings (SSSR count). The van der Waals surface area contributed by atoms with Crippen molar-refractivity contribution in [1.29, 1.82) is 0 Å². The van der Waals surface area contributed by atoms with E-state index < -0.39 is 24.2 Å². The fraction of sp³-hybridized carbons (Fsp3) is 0.462. The first-order valence-corrected chi connectivity index (χ1v) is 6.03. The molecule has 0 radical (unpaired) electrons. The lowest BCUT2D eigenvalue weighted by Crippen LogP contribution is -2.39. The third kappa shape index (κ3) is 4.52. The summed E-state index contributed by atoms with van der Waals surface area (Å²) in [5.41, 5.74) is -1.53. The number of aromatic hydroxyl groups is 1. The standard InChI is InChI=1S/C13H16F3NO4/c1-12(20,5-6-17-11(19)13(14,15)16)9-7-8(21-2)3-4-10(9)18/h3-4,7,18,20H,5-6H2,1-2H3,(H,17,19). The van der Waals surface area contributed by atoms with Crippen molar-refractivity contribution < 1.29 is 32.9 Å². The van der Waals surface area contributed by atoms with Crippen molar-refractivity contribution >= 4 is 5.91 Å². The Hall–Kier alpha value is -1.96. The molecule has 0 fully saturated rings. The van der Waals surface area contributed by atoms with E-state index in [2.05, 4.69) is 0 Å². The zero-order chi connectivity index (χ0) is 16.3. The lowest BCUT2D eigenvalue weighted by atomic mass is 9.91. The van der Waals surface area contributed by atoms with E-state index in [0.717, 1.165) is 0 Å². The van der Waals surface area contributed by atoms with Crippen molar-refractivity contribution in [3.05, 3.63) is 23.8 Å². The Kier molecular flexibility index (Phi) is 5.06. The number of amides is 1. The smallest absolute Gasteiger partial charge is 0.471 e. The Balaban J connectivity index is 2.76. The average Bonchev–Trinajstić information content (AvgIpc) is 2.37. The first-order valence-electron chi connectivity index (χ1n) is 6.03. The molecule has 21 heavy (non-hydrogen) atoms. The lowest BCUT2D eigenvalue weighted by Gasteiger charge is -2.25. The van der Waals surface area contributed by atoms with Gasteiger partial charge in [-0.05, 0) is 31.5 Å². The van der Waals surface area contributed by atoms with E-state index in [1.165, 1.54) is 32.2 Å². The summed E-state index contributed by atoms with van der Waals surface area (Å²) in [6.07, 6.45) is -5.18. The minimum absolute atomic E-state index is 0.100. The molecule has 0 saturated carbocycles. The molecule has 1 aromatic carbocycles. The number of aliphatic hydroxyl groups is 1. The van der Waals surface area contributed by atoms with Gasteiger partial charge in [0.25, 0.3) is 0 Å². The average molecular weight is 307 g/mol. The molecule has 1 amide bonds. The number of hydrogen-bond donors (Lipinski definition) is 3. The van der Waals surface area contributed by atoms with Crippen molar-refractivity contribution in [1.82, 2.24) is 5.32 Å². The van der Waals surface area contributed by atoms with E-state index in [0.29, 0.717) is 5.75 Å². The van der Waals surface area contributed by atoms with E-state index in [-0.39, 0.29) is 17.7 Å². The predicted octanol–water partition coefficient (Wildman–Crippen LogP) is 1.68. The highest BCUT2D eigenvalue weighted by Crippen LogP contribution is 2.34. The summed E-state index contributed by atoms with van der Waals surface area (Å²) in [6.45, 7) is 0.920. The number of carbonyl (C=O) groups excluding carboxylic acids is 1. The maximum Gasteiger partial charge on any atom is 0.471 e. The van der Waals surface area contributed by atoms with Crippen LogP contribution >= 0.6 is 0 Å². The molecule has 0 saturated heterocycles. The monoisotopic (exact) mass is 307 g/mol. The number of methoxy groups -OCH3 is 1. The number of alkyl halides is 3. The van der Waals surface area contributed by atoms with Crippen molar-refractivity contribution in [3.63, 3.8) is 0 Å². The highest BCUT2D eigenvalue weighted by molar-refractivity contribution is 5.81. The van der Waals surface area contributed by atoms with Crippen LogP contribution in [0.1, 0.15) is 18.9 Å². The number of rotatable bonds is 5. The Morgan fingerprint density at radius 1 is 1.38 bits per heavy atom. The van der Waals surface area contributed by atoms with Gasteiger partial charge < -0.3 is 20.3 Å². The first kappa shape index (κ1) is 17.1. The summed E-state index contributed by atoms with van der Waals surface area (Å²) < 4.78 is 41.0. The first-order chi connectivity index (χ1) is 9.58. The molecule has 0 aliphatic carbocycles. The summed E-state index contributed by atoms with van der Waals surface area (Å²) in [6, 6.07) is 4.15. The van der Waals surface area contributed by atoms with Gasteiger partial charge in [0.2, 0.25) is 0 Å². The second kappa shape index (κ2) is 6.21. The fourth-order valence-electron chi connectivity index (χ4n) is 1.73. The molecule has 0 aliphatic rings. The van der Waals surface area contributed by atoms with Crippen LogP contribution in [0.25, 0.3) is 0 Å². The minimum Gasteiger partial charge on any atom is -0.508 e. The molecule has 1 unspecified atom stereocenters. The van der Waals surface area contributed by atoms with Crippen LogP contribution in [0.5, 0.6) is 11.5 Å². The number of carbonyl (C=O) groups is 1. The van der Waals surface area contributed by atoms with Crippen molar-refractivity contribution in [2.24, 2.45) is 0 Å². The molecule has 0 bridgehead atoms. The van der Waals surface area contributed by atoms with Gasteiger partial charge in [0.1, 0.15) is 11.5 Å². The Morgan fingerprint density at radius 2 is 2.00 bits per heavy atom. The maximum absolute atomic E-state index is 12.0. The zero-order valence-corrected chi connectivity index (χ0v) is 11.5. The van der Waals surface area contributed by atoms with E-state index in [1.54, 1.807) is 5.32 Å². The molecule has 1 atom stereocenters. The number of halogens is 3. The fourth-order valence-corrected chi connectivity index (χ4v) is 1.73. The summed E-state index contributed by atoms with van der Waals surface area (Å²) in [4.78, 5) is 10.7. The molecule has 1 aromatic rings. The van der Waals surface area contributed by atoms with E-state index >= 15 is 0 Å². The van der Waals surface area contributed by atoms with Crippen LogP contribution in [0.15, 0.2) is 18.2 Å². The van der Waals surface area contributed by atoms with Crippen LogP contribution in [0.4, 0.5) is 13.2 Å². The quantitative estimate of drug-likeness (QED) is 0.773. The topological polar surface area (TPSA) is 78.8 Å². The second-order valence-electron chi connectivity index (χ2n) is 4.66. The normalized spacial score (nSPS) is 14.4. The van der Waals surface area contributed by atoms with Gasteiger partial charge in [-0.15, -0.1) is 0 Å². The van der Waals surface area contributed by atoms with Crippen LogP contribution in [-0.4, -0.2) is 36.0 Å². The Labute approximate surface area is 119 Å². The number of nitrogens with one attached hydrogen (secondary N) is 1. The zero-order valence-electron chi connectivity index (χ0n) is 11.5. The summed E-state index contributed by atoms with van der Waals surface area (Å²) in [5.74, 6) is -1.92. The minimum atomic E-state index is -4.97. The number of hydrogen-bond acceptors (Lipinski definition) is 4. The molecular weight excluding hydrogens is 291 g/mol. The van der Waals surface area contributed by atoms with Crippen LogP contribution in [0.2, 0.25) is 0 Å². The molecule has 0 aliphatic heterocycles. The predicted molar refractivity (Wildman–Crippen MR) is 67.9 cm³/mol. The van der Waals surface area contributed by atoms with E-state index in [1.807, 2.05) is 0 Å². The molecule has 5 nitrogen and oxygen atoms in total. The summed E-state index contributed by atoms with van der Waals surface area (Å²) in [7, 11) is 1.40. The van der Waals surface area contributed by atoms with Gasteiger partial charge in [0.05, 0.1) is 12.7 Å². The highest BCUT2D eigenvalue weighted by Gasteiger charge is 2.38. The molecule has 3 N–H and O–H groups in total. The molecular formula is C13H16F3NO4. The van der Waals surface area contributed by atoms with Crippen molar-refractivity contribution in [3.8, 4) is 11.5 Å². The molecule has 8 heteroatoms. The largest absolute Gasteiger partial charge is 0.508 e. The number of ether oxygens (including phenoxy) is 1. The Bertz CT molecular complexity index is 515. The summed E-state index contributed by atoms with van der Waals surface area (Å²) >= 11 is 0. The highest BCUT2D eigenvalue weighted by atomic mass is 19.4. The second-order valence-corrected chi connectivity index (χ2v) is 4.66. The van der Waals surface area contributed by atoms with Gasteiger partial charge in [-0.2, -0.15) is 13.2 Å². The number of phenols is 1. The van der Waals surface area contributed by atoms with Gasteiger partial charge in [-0.1, -0.05) is 0 Å². The van der Waals surface area contributed by atoms with Crippen LogP contribution in [0, 0.1) is 0 Å². The van der Waals surface area contributed by atoms with E-state index in [9.17, 15) is 28.2 Å². The number of benzene rings is 1.